The largest absolute Gasteiger partial charge is 0.388 e. The highest BCUT2D eigenvalue weighted by Gasteiger charge is 2.69. The van der Waals surface area contributed by atoms with Crippen LogP contribution in [0, 0.1) is 46.3 Å². The lowest BCUT2D eigenvalue weighted by molar-refractivity contribution is -0.372. The van der Waals surface area contributed by atoms with Gasteiger partial charge in [-0.1, -0.05) is 39.3 Å². The predicted octanol–water partition coefficient (Wildman–Crippen LogP) is 1.49. The number of ether oxygens (including phenoxy) is 8. The highest BCUT2D eigenvalue weighted by Crippen LogP contribution is 2.70. The minimum absolute atomic E-state index is 0.0338. The Kier molecular flexibility index (Phi) is 11.5. The van der Waals surface area contributed by atoms with E-state index in [4.69, 9.17) is 37.9 Å². The molecule has 5 heterocycles. The summed E-state index contributed by atoms with van der Waals surface area (Å²) in [5.74, 6) is 2.82. The molecule has 330 valence electrons. The number of fused-ring (bicyclic) bond motifs is 7. The third kappa shape index (κ3) is 6.89. The number of aliphatic hydroxyl groups is 7. The molecule has 4 aliphatic carbocycles. The van der Waals surface area contributed by atoms with Gasteiger partial charge in [-0.2, -0.15) is 0 Å². The molecule has 0 amide bonds. The van der Waals surface area contributed by atoms with Crippen molar-refractivity contribution in [1.29, 1.82) is 0 Å². The lowest BCUT2D eigenvalue weighted by Crippen LogP contribution is -2.63. The Labute approximate surface area is 341 Å². The maximum absolute atomic E-state index is 11.7. The van der Waals surface area contributed by atoms with Gasteiger partial charge in [0.2, 0.25) is 0 Å². The molecular formula is C43H68O15. The van der Waals surface area contributed by atoms with E-state index in [0.717, 1.165) is 45.1 Å². The second-order valence-corrected chi connectivity index (χ2v) is 20.2. The van der Waals surface area contributed by atoms with Crippen LogP contribution >= 0.6 is 0 Å². The van der Waals surface area contributed by atoms with Crippen LogP contribution in [0.5, 0.6) is 0 Å². The van der Waals surface area contributed by atoms with E-state index >= 15 is 0 Å². The maximum Gasteiger partial charge on any atom is 0.187 e. The highest BCUT2D eigenvalue weighted by atomic mass is 16.8. The molecule has 15 nitrogen and oxygen atoms in total. The SMILES string of the molecule is CC1CC[C@@]2(OC1)O[C@H]1C[C@H]3[C@@H]4CC=C5C[C@@H](O[C@@H]6OC[C@H](O[C@@H]7OC[C@H](O)[C@H](O)[C@H]7O)[C@H](O)[C@H]6O[C@@H]6O[C@@H](C)[C@H](O)[C@@H](O)[C@H]6O)CC[C@]5(C)[C@H]4CC[C@]3(C)[C@H]1[C@@H]2C. The second-order valence-electron chi connectivity index (χ2n) is 20.2. The molecule has 0 bridgehead atoms. The molecule has 5 aliphatic heterocycles. The number of hydrogen-bond acceptors (Lipinski definition) is 15. The quantitative estimate of drug-likeness (QED) is 0.189. The highest BCUT2D eigenvalue weighted by molar-refractivity contribution is 5.26. The van der Waals surface area contributed by atoms with Crippen LogP contribution in [0.4, 0.5) is 0 Å². The summed E-state index contributed by atoms with van der Waals surface area (Å²) in [6, 6.07) is 0. The monoisotopic (exact) mass is 824 g/mol. The molecule has 0 aromatic heterocycles. The summed E-state index contributed by atoms with van der Waals surface area (Å²) in [7, 11) is 0. The standard InChI is InChI=1S/C43H68O15/c1-19-8-13-43(53-16-19)20(2)30-28(58-43)15-26-24-7-6-22-14-23(9-11-41(22,4)25(24)10-12-42(26,30)5)55-40-37(57-39-36(50)34(48)31(45)21(3)54-39)33(47)29(18-52-40)56-38-35(49)32(46)27(44)17-51-38/h6,19-21,23-40,44-50H,7-18H2,1-5H3/t19?,20-,21-,23-,24+,25-,26-,27-,28-,29-,30-,31-,32-,33-,34+,35+,36+,37+,38-,39-,40-,41-,42-,43+/m0/s1. The number of allylic oxidation sites excluding steroid dienone is 1. The Hall–Kier alpha value is -0.860. The van der Waals surface area contributed by atoms with Crippen molar-refractivity contribution in [1.82, 2.24) is 0 Å². The van der Waals surface area contributed by atoms with E-state index in [9.17, 15) is 35.7 Å². The van der Waals surface area contributed by atoms with Crippen LogP contribution in [0.15, 0.2) is 11.6 Å². The first-order chi connectivity index (χ1) is 27.5. The van der Waals surface area contributed by atoms with E-state index in [-0.39, 0.29) is 36.3 Å². The molecule has 0 aromatic rings. The van der Waals surface area contributed by atoms with E-state index < -0.39 is 85.7 Å². The first kappa shape index (κ1) is 42.4. The van der Waals surface area contributed by atoms with Crippen LogP contribution < -0.4 is 0 Å². The maximum atomic E-state index is 11.7. The summed E-state index contributed by atoms with van der Waals surface area (Å²) in [5.41, 5.74) is 1.66. The van der Waals surface area contributed by atoms with Crippen molar-refractivity contribution in [2.75, 3.05) is 19.8 Å². The van der Waals surface area contributed by atoms with Gasteiger partial charge in [-0.15, -0.1) is 0 Å². The molecule has 8 fully saturated rings. The molecule has 58 heavy (non-hydrogen) atoms. The molecule has 7 N–H and O–H groups in total. The van der Waals surface area contributed by atoms with Gasteiger partial charge >= 0.3 is 0 Å². The Balaban J connectivity index is 0.888. The fourth-order valence-electron chi connectivity index (χ4n) is 13.4. The van der Waals surface area contributed by atoms with Gasteiger partial charge in [0.25, 0.3) is 0 Å². The van der Waals surface area contributed by atoms with Crippen molar-refractivity contribution < 1.29 is 73.6 Å². The predicted molar refractivity (Wildman–Crippen MR) is 202 cm³/mol. The molecule has 15 heteroatoms. The topological polar surface area (TPSA) is 215 Å². The molecule has 3 saturated carbocycles. The summed E-state index contributed by atoms with van der Waals surface area (Å²) >= 11 is 0. The molecule has 5 saturated heterocycles. The third-order valence-electron chi connectivity index (χ3n) is 16.9. The summed E-state index contributed by atoms with van der Waals surface area (Å²) < 4.78 is 49.6. The average Bonchev–Trinajstić information content (AvgIpc) is 3.65. The van der Waals surface area contributed by atoms with Crippen LogP contribution in [0.3, 0.4) is 0 Å². The lowest BCUT2D eigenvalue weighted by Gasteiger charge is -2.58. The summed E-state index contributed by atoms with van der Waals surface area (Å²) in [4.78, 5) is 0. The summed E-state index contributed by atoms with van der Waals surface area (Å²) in [6.45, 7) is 11.5. The van der Waals surface area contributed by atoms with Crippen molar-refractivity contribution in [2.45, 2.75) is 190 Å². The smallest absolute Gasteiger partial charge is 0.187 e. The summed E-state index contributed by atoms with van der Waals surface area (Å²) in [6.07, 6.45) is -6.21. The molecule has 0 radical (unpaired) electrons. The van der Waals surface area contributed by atoms with E-state index in [1.165, 1.54) is 25.3 Å². The van der Waals surface area contributed by atoms with E-state index in [1.54, 1.807) is 0 Å². The zero-order valence-corrected chi connectivity index (χ0v) is 34.6. The first-order valence-corrected chi connectivity index (χ1v) is 22.2. The Bertz CT molecular complexity index is 1510. The van der Waals surface area contributed by atoms with E-state index in [0.29, 0.717) is 41.9 Å². The van der Waals surface area contributed by atoms with Gasteiger partial charge in [-0.25, -0.2) is 0 Å². The number of rotatable bonds is 6. The fourth-order valence-corrected chi connectivity index (χ4v) is 13.4. The van der Waals surface area contributed by atoms with Crippen molar-refractivity contribution in [3.63, 3.8) is 0 Å². The van der Waals surface area contributed by atoms with Crippen molar-refractivity contribution in [3.8, 4) is 0 Å². The molecule has 9 aliphatic rings. The number of hydrogen-bond donors (Lipinski definition) is 7. The van der Waals surface area contributed by atoms with Crippen molar-refractivity contribution in [3.05, 3.63) is 11.6 Å². The zero-order chi connectivity index (χ0) is 41.1. The van der Waals surface area contributed by atoms with Gasteiger partial charge in [0.15, 0.2) is 24.7 Å². The van der Waals surface area contributed by atoms with Crippen LogP contribution in [-0.4, -0.2) is 153 Å². The normalized spacial score (nSPS) is 58.2. The second kappa shape index (κ2) is 15.7. The number of aliphatic hydroxyl groups excluding tert-OH is 7. The van der Waals surface area contributed by atoms with Crippen LogP contribution in [0.25, 0.3) is 0 Å². The molecule has 1 unspecified atom stereocenters. The van der Waals surface area contributed by atoms with Crippen LogP contribution in [0.1, 0.15) is 92.4 Å². The molecular weight excluding hydrogens is 756 g/mol. The minimum Gasteiger partial charge on any atom is -0.388 e. The molecule has 9 rings (SSSR count). The zero-order valence-electron chi connectivity index (χ0n) is 34.6. The van der Waals surface area contributed by atoms with E-state index in [2.05, 4.69) is 33.8 Å². The molecule has 24 atom stereocenters. The van der Waals surface area contributed by atoms with Gasteiger partial charge in [-0.05, 0) is 98.7 Å². The first-order valence-electron chi connectivity index (χ1n) is 22.2. The van der Waals surface area contributed by atoms with Crippen molar-refractivity contribution in [2.24, 2.45) is 46.3 Å². The Morgan fingerprint density at radius 3 is 2.22 bits per heavy atom. The molecule has 1 spiro atoms. The van der Waals surface area contributed by atoms with Gasteiger partial charge < -0.3 is 73.6 Å². The third-order valence-corrected chi connectivity index (χ3v) is 16.9. The molecule has 0 aromatic carbocycles. The Morgan fingerprint density at radius 2 is 1.47 bits per heavy atom. The fraction of sp³-hybridized carbons (Fsp3) is 0.953. The van der Waals surface area contributed by atoms with Gasteiger partial charge in [-0.3, -0.25) is 0 Å². The van der Waals surface area contributed by atoms with Gasteiger partial charge in [0.05, 0.1) is 38.1 Å². The van der Waals surface area contributed by atoms with Gasteiger partial charge in [0, 0.05) is 12.3 Å². The van der Waals surface area contributed by atoms with Crippen LogP contribution in [-0.2, 0) is 37.9 Å². The van der Waals surface area contributed by atoms with Crippen LogP contribution in [0.2, 0.25) is 0 Å². The lowest BCUT2D eigenvalue weighted by atomic mass is 9.47. The minimum atomic E-state index is -1.65. The summed E-state index contributed by atoms with van der Waals surface area (Å²) in [5, 5.41) is 74.1. The van der Waals surface area contributed by atoms with E-state index in [1.807, 2.05) is 0 Å². The average molecular weight is 825 g/mol. The Morgan fingerprint density at radius 1 is 0.707 bits per heavy atom. The van der Waals surface area contributed by atoms with Crippen molar-refractivity contribution >= 4 is 0 Å². The van der Waals surface area contributed by atoms with Gasteiger partial charge in [0.1, 0.15) is 54.9 Å².